The van der Waals surface area contributed by atoms with Crippen LogP contribution in [-0.2, 0) is 6.61 Å². The molecule has 0 radical (unpaired) electrons. The molecule has 0 spiro atoms. The summed E-state index contributed by atoms with van der Waals surface area (Å²) in [7, 11) is 0. The quantitative estimate of drug-likeness (QED) is 0.824. The molecule has 4 heteroatoms. The van der Waals surface area contributed by atoms with Gasteiger partial charge in [-0.1, -0.05) is 6.07 Å². The Labute approximate surface area is 106 Å². The highest BCUT2D eigenvalue weighted by Gasteiger charge is 2.09. The van der Waals surface area contributed by atoms with E-state index in [0.29, 0.717) is 23.8 Å². The fourth-order valence-corrected chi connectivity index (χ4v) is 1.55. The van der Waals surface area contributed by atoms with Gasteiger partial charge in [-0.3, -0.25) is 0 Å². The van der Waals surface area contributed by atoms with Crippen LogP contribution in [0.15, 0.2) is 41.0 Å². The van der Waals surface area contributed by atoms with Crippen LogP contribution in [0.1, 0.15) is 19.6 Å². The zero-order chi connectivity index (χ0) is 13.0. The summed E-state index contributed by atoms with van der Waals surface area (Å²) in [5.41, 5.74) is 6.50. The van der Waals surface area contributed by atoms with Gasteiger partial charge in [-0.25, -0.2) is 0 Å². The highest BCUT2D eigenvalue weighted by Crippen LogP contribution is 2.32. The van der Waals surface area contributed by atoms with Crippen molar-refractivity contribution in [2.24, 2.45) is 0 Å². The third kappa shape index (κ3) is 2.97. The minimum atomic E-state index is 0.0765. The van der Waals surface area contributed by atoms with Gasteiger partial charge in [0, 0.05) is 0 Å². The molecule has 0 amide bonds. The molecule has 18 heavy (non-hydrogen) atoms. The number of hydrogen-bond donors (Lipinski definition) is 1. The first-order valence-corrected chi connectivity index (χ1v) is 5.87. The minimum Gasteiger partial charge on any atom is -0.489 e. The van der Waals surface area contributed by atoms with E-state index < -0.39 is 0 Å². The van der Waals surface area contributed by atoms with Gasteiger partial charge in [0.05, 0.1) is 12.4 Å². The predicted molar refractivity (Wildman–Crippen MR) is 69.7 cm³/mol. The fourth-order valence-electron chi connectivity index (χ4n) is 1.55. The van der Waals surface area contributed by atoms with Crippen LogP contribution in [0, 0.1) is 0 Å². The van der Waals surface area contributed by atoms with Crippen LogP contribution in [0.5, 0.6) is 11.5 Å². The van der Waals surface area contributed by atoms with Gasteiger partial charge in [0.2, 0.25) is 0 Å². The van der Waals surface area contributed by atoms with Gasteiger partial charge in [0.1, 0.15) is 29.6 Å². The van der Waals surface area contributed by atoms with E-state index in [0.717, 1.165) is 5.76 Å². The number of benzene rings is 1. The number of nitrogens with two attached hydrogens (primary N) is 1. The topological polar surface area (TPSA) is 57.6 Å². The molecule has 0 saturated heterocycles. The Morgan fingerprint density at radius 3 is 2.61 bits per heavy atom. The van der Waals surface area contributed by atoms with E-state index in [2.05, 4.69) is 0 Å². The third-order valence-corrected chi connectivity index (χ3v) is 2.34. The average molecular weight is 247 g/mol. The molecule has 4 nitrogen and oxygen atoms in total. The lowest BCUT2D eigenvalue weighted by molar-refractivity contribution is 0.239. The van der Waals surface area contributed by atoms with Crippen LogP contribution in [-0.4, -0.2) is 6.10 Å². The Hall–Kier alpha value is -2.10. The molecular weight excluding hydrogens is 230 g/mol. The summed E-state index contributed by atoms with van der Waals surface area (Å²) in [6, 6.07) is 9.16. The molecule has 0 bridgehead atoms. The van der Waals surface area contributed by atoms with E-state index in [1.54, 1.807) is 6.26 Å². The van der Waals surface area contributed by atoms with E-state index in [9.17, 15) is 0 Å². The molecule has 2 aromatic rings. The van der Waals surface area contributed by atoms with Gasteiger partial charge in [-0.2, -0.15) is 0 Å². The second-order valence-electron chi connectivity index (χ2n) is 4.20. The van der Waals surface area contributed by atoms with Gasteiger partial charge in [-0.15, -0.1) is 0 Å². The van der Waals surface area contributed by atoms with Gasteiger partial charge in [-0.05, 0) is 38.1 Å². The molecule has 0 aliphatic rings. The Bertz CT molecular complexity index is 492. The van der Waals surface area contributed by atoms with Crippen LogP contribution in [0.2, 0.25) is 0 Å². The Kier molecular flexibility index (Phi) is 3.77. The molecule has 2 rings (SSSR count). The van der Waals surface area contributed by atoms with E-state index >= 15 is 0 Å². The summed E-state index contributed by atoms with van der Waals surface area (Å²) in [5.74, 6) is 2.00. The van der Waals surface area contributed by atoms with Crippen LogP contribution < -0.4 is 15.2 Å². The summed E-state index contributed by atoms with van der Waals surface area (Å²) >= 11 is 0. The van der Waals surface area contributed by atoms with Gasteiger partial charge >= 0.3 is 0 Å². The molecule has 0 fully saturated rings. The van der Waals surface area contributed by atoms with Crippen LogP contribution in [0.3, 0.4) is 0 Å². The minimum absolute atomic E-state index is 0.0765. The molecule has 2 N–H and O–H groups in total. The summed E-state index contributed by atoms with van der Waals surface area (Å²) in [4.78, 5) is 0. The maximum absolute atomic E-state index is 5.99. The fraction of sp³-hybridized carbons (Fsp3) is 0.286. The molecule has 0 aliphatic heterocycles. The SMILES string of the molecule is CC(C)Oc1cccc(OCc2ccco2)c1N. The normalized spacial score (nSPS) is 10.6. The lowest BCUT2D eigenvalue weighted by Gasteiger charge is -2.14. The van der Waals surface area contributed by atoms with Crippen molar-refractivity contribution in [1.29, 1.82) is 0 Å². The zero-order valence-electron chi connectivity index (χ0n) is 10.6. The van der Waals surface area contributed by atoms with E-state index in [-0.39, 0.29) is 6.10 Å². The number of anilines is 1. The first-order chi connectivity index (χ1) is 8.66. The monoisotopic (exact) mass is 247 g/mol. The maximum Gasteiger partial charge on any atom is 0.146 e. The summed E-state index contributed by atoms with van der Waals surface area (Å²) in [6.07, 6.45) is 1.69. The van der Waals surface area contributed by atoms with E-state index in [1.807, 2.05) is 44.2 Å². The van der Waals surface area contributed by atoms with Crippen molar-refractivity contribution in [1.82, 2.24) is 0 Å². The predicted octanol–water partition coefficient (Wildman–Crippen LogP) is 3.23. The number of furan rings is 1. The first-order valence-electron chi connectivity index (χ1n) is 5.87. The molecule has 0 aliphatic carbocycles. The molecule has 1 aromatic heterocycles. The van der Waals surface area contributed by atoms with Crippen molar-refractivity contribution < 1.29 is 13.9 Å². The summed E-state index contributed by atoms with van der Waals surface area (Å²) < 4.78 is 16.4. The largest absolute Gasteiger partial charge is 0.489 e. The smallest absolute Gasteiger partial charge is 0.146 e. The van der Waals surface area contributed by atoms with Gasteiger partial charge in [0.15, 0.2) is 0 Å². The zero-order valence-corrected chi connectivity index (χ0v) is 10.6. The Morgan fingerprint density at radius 2 is 1.94 bits per heavy atom. The summed E-state index contributed by atoms with van der Waals surface area (Å²) in [6.45, 7) is 4.26. The third-order valence-electron chi connectivity index (χ3n) is 2.34. The molecule has 0 saturated carbocycles. The average Bonchev–Trinajstić information content (AvgIpc) is 2.83. The van der Waals surface area contributed by atoms with Crippen LogP contribution in [0.25, 0.3) is 0 Å². The van der Waals surface area contributed by atoms with Crippen molar-refractivity contribution >= 4 is 5.69 Å². The molecule has 96 valence electrons. The Balaban J connectivity index is 2.08. The standard InChI is InChI=1S/C14H17NO3/c1-10(2)18-13-7-3-6-12(14(13)15)17-9-11-5-4-8-16-11/h3-8,10H,9,15H2,1-2H3. The molecule has 0 atom stereocenters. The first kappa shape index (κ1) is 12.4. The van der Waals surface area contributed by atoms with Crippen molar-refractivity contribution in [2.75, 3.05) is 5.73 Å². The lowest BCUT2D eigenvalue weighted by atomic mass is 10.2. The molecule has 1 aromatic carbocycles. The van der Waals surface area contributed by atoms with Crippen LogP contribution >= 0.6 is 0 Å². The number of para-hydroxylation sites is 1. The maximum atomic E-state index is 5.99. The number of nitrogen functional groups attached to an aromatic ring is 1. The van der Waals surface area contributed by atoms with Gasteiger partial charge in [0.25, 0.3) is 0 Å². The number of hydrogen-bond acceptors (Lipinski definition) is 4. The van der Waals surface area contributed by atoms with Crippen LogP contribution in [0.4, 0.5) is 5.69 Å². The van der Waals surface area contributed by atoms with E-state index in [1.165, 1.54) is 0 Å². The Morgan fingerprint density at radius 1 is 1.17 bits per heavy atom. The number of ether oxygens (including phenoxy) is 2. The lowest BCUT2D eigenvalue weighted by Crippen LogP contribution is -2.08. The highest BCUT2D eigenvalue weighted by molar-refractivity contribution is 5.62. The van der Waals surface area contributed by atoms with Crippen molar-refractivity contribution in [3.63, 3.8) is 0 Å². The van der Waals surface area contributed by atoms with Crippen molar-refractivity contribution in [2.45, 2.75) is 26.6 Å². The van der Waals surface area contributed by atoms with Crippen molar-refractivity contribution in [3.8, 4) is 11.5 Å². The molecule has 0 unspecified atom stereocenters. The summed E-state index contributed by atoms with van der Waals surface area (Å²) in [5, 5.41) is 0. The second-order valence-corrected chi connectivity index (χ2v) is 4.20. The highest BCUT2D eigenvalue weighted by atomic mass is 16.5. The van der Waals surface area contributed by atoms with Crippen molar-refractivity contribution in [3.05, 3.63) is 42.4 Å². The second kappa shape index (κ2) is 5.49. The van der Waals surface area contributed by atoms with Gasteiger partial charge < -0.3 is 19.6 Å². The number of rotatable bonds is 5. The molecular formula is C14H17NO3. The molecule has 1 heterocycles. The van der Waals surface area contributed by atoms with E-state index in [4.69, 9.17) is 19.6 Å².